The summed E-state index contributed by atoms with van der Waals surface area (Å²) in [5.41, 5.74) is 3.45. The second-order valence-electron chi connectivity index (χ2n) is 6.28. The maximum atomic E-state index is 12.7. The lowest BCUT2D eigenvalue weighted by molar-refractivity contribution is -0.126. The van der Waals surface area contributed by atoms with E-state index < -0.39 is 10.0 Å². The fourth-order valence-corrected chi connectivity index (χ4v) is 4.65. The summed E-state index contributed by atoms with van der Waals surface area (Å²) in [6.45, 7) is 0.637. The van der Waals surface area contributed by atoms with Crippen LogP contribution in [0.1, 0.15) is 18.4 Å². The van der Waals surface area contributed by atoms with Crippen molar-refractivity contribution in [2.24, 2.45) is 11.0 Å². The van der Waals surface area contributed by atoms with Crippen molar-refractivity contribution in [3.05, 3.63) is 64.6 Å². The van der Waals surface area contributed by atoms with Gasteiger partial charge in [-0.25, -0.2) is 13.8 Å². The molecule has 0 spiro atoms. The van der Waals surface area contributed by atoms with E-state index in [1.807, 2.05) is 30.3 Å². The van der Waals surface area contributed by atoms with E-state index in [-0.39, 0.29) is 16.7 Å². The topological polar surface area (TPSA) is 78.8 Å². The first-order valence-electron chi connectivity index (χ1n) is 8.60. The Labute approximate surface area is 167 Å². The van der Waals surface area contributed by atoms with E-state index >= 15 is 0 Å². The van der Waals surface area contributed by atoms with E-state index in [2.05, 4.69) is 26.5 Å². The highest BCUT2D eigenvalue weighted by atomic mass is 79.9. The second kappa shape index (κ2) is 8.77. The van der Waals surface area contributed by atoms with Gasteiger partial charge in [-0.1, -0.05) is 46.3 Å². The minimum atomic E-state index is -3.53. The monoisotopic (exact) mass is 449 g/mol. The maximum absolute atomic E-state index is 12.7. The van der Waals surface area contributed by atoms with Crippen molar-refractivity contribution >= 4 is 38.1 Å². The lowest BCUT2D eigenvalue weighted by Crippen LogP contribution is -2.42. The Hall–Kier alpha value is -2.03. The molecule has 1 amide bonds. The van der Waals surface area contributed by atoms with Crippen molar-refractivity contribution in [3.8, 4) is 0 Å². The van der Waals surface area contributed by atoms with E-state index in [1.54, 1.807) is 30.5 Å². The van der Waals surface area contributed by atoms with Crippen LogP contribution in [0.2, 0.25) is 0 Å². The van der Waals surface area contributed by atoms with Gasteiger partial charge in [0.1, 0.15) is 0 Å². The fraction of sp³-hybridized carbons (Fsp3) is 0.263. The summed E-state index contributed by atoms with van der Waals surface area (Å²) in [6, 6.07) is 16.0. The van der Waals surface area contributed by atoms with Gasteiger partial charge >= 0.3 is 0 Å². The molecule has 1 heterocycles. The second-order valence-corrected chi connectivity index (χ2v) is 9.13. The van der Waals surface area contributed by atoms with E-state index in [0.717, 1.165) is 10.0 Å². The Morgan fingerprint density at radius 3 is 2.33 bits per heavy atom. The number of hydrazone groups is 1. The molecule has 0 atom stereocenters. The number of amides is 1. The van der Waals surface area contributed by atoms with Crippen LogP contribution in [0.4, 0.5) is 0 Å². The number of halogens is 1. The van der Waals surface area contributed by atoms with Gasteiger partial charge in [0.15, 0.2) is 0 Å². The molecule has 27 heavy (non-hydrogen) atoms. The fourth-order valence-electron chi connectivity index (χ4n) is 2.91. The van der Waals surface area contributed by atoms with Crippen LogP contribution in [-0.2, 0) is 14.8 Å². The van der Waals surface area contributed by atoms with Crippen LogP contribution < -0.4 is 5.43 Å². The van der Waals surface area contributed by atoms with Gasteiger partial charge in [0.05, 0.1) is 11.1 Å². The van der Waals surface area contributed by atoms with Gasteiger partial charge in [-0.05, 0) is 42.7 Å². The molecule has 1 N–H and O–H groups in total. The van der Waals surface area contributed by atoms with E-state index in [9.17, 15) is 13.2 Å². The summed E-state index contributed by atoms with van der Waals surface area (Å²) in [5, 5.41) is 3.98. The Morgan fingerprint density at radius 1 is 1.07 bits per heavy atom. The minimum Gasteiger partial charge on any atom is -0.273 e. The van der Waals surface area contributed by atoms with Gasteiger partial charge in [0.2, 0.25) is 15.9 Å². The van der Waals surface area contributed by atoms with Crippen LogP contribution in [0, 0.1) is 5.92 Å². The van der Waals surface area contributed by atoms with Crippen molar-refractivity contribution in [1.29, 1.82) is 0 Å². The quantitative estimate of drug-likeness (QED) is 0.562. The molecule has 0 unspecified atom stereocenters. The third-order valence-corrected chi connectivity index (χ3v) is 6.91. The first-order valence-corrected chi connectivity index (χ1v) is 10.8. The highest BCUT2D eigenvalue weighted by molar-refractivity contribution is 9.10. The number of hydrogen-bond donors (Lipinski definition) is 1. The van der Waals surface area contributed by atoms with Gasteiger partial charge in [-0.3, -0.25) is 4.79 Å². The highest BCUT2D eigenvalue weighted by Gasteiger charge is 2.31. The van der Waals surface area contributed by atoms with E-state index in [1.165, 1.54) is 4.31 Å². The lowest BCUT2D eigenvalue weighted by Gasteiger charge is -2.30. The van der Waals surface area contributed by atoms with Crippen LogP contribution >= 0.6 is 15.9 Å². The average Bonchev–Trinajstić information content (AvgIpc) is 2.69. The van der Waals surface area contributed by atoms with Crippen LogP contribution in [0.25, 0.3) is 0 Å². The summed E-state index contributed by atoms with van der Waals surface area (Å²) in [6.07, 6.45) is 2.54. The SMILES string of the molecule is O=C(N/N=C\c1ccccc1)C1CCN(S(=O)(=O)c2ccc(Br)cc2)CC1. The molecular weight excluding hydrogens is 430 g/mol. The van der Waals surface area contributed by atoms with Gasteiger partial charge in [-0.15, -0.1) is 0 Å². The first-order chi connectivity index (χ1) is 13.0. The van der Waals surface area contributed by atoms with Crippen molar-refractivity contribution in [2.45, 2.75) is 17.7 Å². The van der Waals surface area contributed by atoms with Crippen LogP contribution in [0.5, 0.6) is 0 Å². The van der Waals surface area contributed by atoms with Crippen LogP contribution in [0.15, 0.2) is 69.1 Å². The third kappa shape index (κ3) is 5.03. The zero-order valence-electron chi connectivity index (χ0n) is 14.6. The molecule has 142 valence electrons. The summed E-state index contributed by atoms with van der Waals surface area (Å²) in [4.78, 5) is 12.5. The number of benzene rings is 2. The van der Waals surface area contributed by atoms with Gasteiger partial charge < -0.3 is 0 Å². The number of rotatable bonds is 5. The summed E-state index contributed by atoms with van der Waals surface area (Å²) in [5.74, 6) is -0.419. The number of piperidine rings is 1. The number of nitrogens with one attached hydrogen (secondary N) is 1. The number of carbonyl (C=O) groups is 1. The summed E-state index contributed by atoms with van der Waals surface area (Å²) >= 11 is 3.30. The molecule has 0 radical (unpaired) electrons. The van der Waals surface area contributed by atoms with Crippen molar-refractivity contribution in [3.63, 3.8) is 0 Å². The first kappa shape index (κ1) is 19.7. The zero-order chi connectivity index (χ0) is 19.3. The Bertz CT molecular complexity index is 907. The molecule has 1 fully saturated rings. The molecule has 1 aliphatic rings. The Balaban J connectivity index is 1.54. The standard InChI is InChI=1S/C19H20BrN3O3S/c20-17-6-8-18(9-7-17)27(25,26)23-12-10-16(11-13-23)19(24)22-21-14-15-4-2-1-3-5-15/h1-9,14,16H,10-13H2,(H,22,24)/b21-14-. The van der Waals surface area contributed by atoms with E-state index in [0.29, 0.717) is 25.9 Å². The number of sulfonamides is 1. The largest absolute Gasteiger partial charge is 0.273 e. The summed E-state index contributed by atoms with van der Waals surface area (Å²) in [7, 11) is -3.53. The smallest absolute Gasteiger partial charge is 0.243 e. The van der Waals surface area contributed by atoms with Gasteiger partial charge in [-0.2, -0.15) is 9.41 Å². The van der Waals surface area contributed by atoms with Gasteiger partial charge in [0, 0.05) is 23.5 Å². The molecule has 2 aromatic carbocycles. The van der Waals surface area contributed by atoms with Crippen molar-refractivity contribution in [2.75, 3.05) is 13.1 Å². The van der Waals surface area contributed by atoms with Crippen LogP contribution in [-0.4, -0.2) is 37.9 Å². The molecule has 8 heteroatoms. The molecule has 1 aliphatic heterocycles. The molecule has 0 saturated carbocycles. The third-order valence-electron chi connectivity index (χ3n) is 4.46. The normalized spacial score (nSPS) is 16.5. The minimum absolute atomic E-state index is 0.178. The zero-order valence-corrected chi connectivity index (χ0v) is 17.0. The predicted octanol–water partition coefficient (Wildman–Crippen LogP) is 3.00. The average molecular weight is 450 g/mol. The van der Waals surface area contributed by atoms with Crippen LogP contribution in [0.3, 0.4) is 0 Å². The lowest BCUT2D eigenvalue weighted by atomic mass is 9.98. The molecule has 0 bridgehead atoms. The molecular formula is C19H20BrN3O3S. The molecule has 3 rings (SSSR count). The molecule has 0 aromatic heterocycles. The highest BCUT2D eigenvalue weighted by Crippen LogP contribution is 2.24. The number of hydrogen-bond acceptors (Lipinski definition) is 4. The Kier molecular flexibility index (Phi) is 6.41. The van der Waals surface area contributed by atoms with Crippen molar-refractivity contribution < 1.29 is 13.2 Å². The van der Waals surface area contributed by atoms with Crippen molar-refractivity contribution in [1.82, 2.24) is 9.73 Å². The Morgan fingerprint density at radius 2 is 1.70 bits per heavy atom. The molecule has 6 nitrogen and oxygen atoms in total. The molecule has 2 aromatic rings. The van der Waals surface area contributed by atoms with E-state index in [4.69, 9.17) is 0 Å². The predicted molar refractivity (Wildman–Crippen MR) is 108 cm³/mol. The number of nitrogens with zero attached hydrogens (tertiary/aromatic N) is 2. The molecule has 0 aliphatic carbocycles. The molecule has 1 saturated heterocycles. The van der Waals surface area contributed by atoms with Gasteiger partial charge in [0.25, 0.3) is 0 Å². The number of carbonyl (C=O) groups excluding carboxylic acids is 1. The summed E-state index contributed by atoms with van der Waals surface area (Å²) < 4.78 is 27.6. The maximum Gasteiger partial charge on any atom is 0.243 e.